The Morgan fingerprint density at radius 2 is 2.29 bits per heavy atom. The largest absolute Gasteiger partial charge is 0.545 e. The van der Waals surface area contributed by atoms with Gasteiger partial charge in [-0.3, -0.25) is 0 Å². The Labute approximate surface area is 88.3 Å². The molecule has 1 nitrogen and oxygen atoms in total. The molecule has 0 aliphatic heterocycles. The highest BCUT2D eigenvalue weighted by Gasteiger charge is 2.18. The Kier molecular flexibility index (Phi) is 3.75. The number of hydrogen-bond donors (Lipinski definition) is 0. The Bertz CT molecular complexity index is 258. The molecule has 0 aromatic rings. The third-order valence-electron chi connectivity index (χ3n) is 2.05. The Morgan fingerprint density at radius 1 is 1.57 bits per heavy atom. The highest BCUT2D eigenvalue weighted by Crippen LogP contribution is 2.22. The van der Waals surface area contributed by atoms with Crippen LogP contribution in [0.1, 0.15) is 12.8 Å². The van der Waals surface area contributed by atoms with Crippen LogP contribution in [0.3, 0.4) is 0 Å². The first kappa shape index (κ1) is 11.3. The van der Waals surface area contributed by atoms with E-state index in [1.807, 2.05) is 6.08 Å². The van der Waals surface area contributed by atoms with Crippen LogP contribution in [0.4, 0.5) is 0 Å². The summed E-state index contributed by atoms with van der Waals surface area (Å²) in [4.78, 5) is 0. The van der Waals surface area contributed by atoms with Gasteiger partial charge in [0.05, 0.1) is 5.76 Å². The SMILES string of the molecule is C=CCC1C=CC(O[Si](C)(C)C)=CC1. The maximum Gasteiger partial charge on any atom is 0.242 e. The lowest BCUT2D eigenvalue weighted by atomic mass is 9.97. The lowest BCUT2D eigenvalue weighted by molar-refractivity contribution is 0.430. The highest BCUT2D eigenvalue weighted by molar-refractivity contribution is 6.70. The molecule has 0 saturated heterocycles. The molecule has 78 valence electrons. The molecule has 1 unspecified atom stereocenters. The van der Waals surface area contributed by atoms with E-state index >= 15 is 0 Å². The average Bonchev–Trinajstić information content (AvgIpc) is 2.06. The van der Waals surface area contributed by atoms with Gasteiger partial charge in [-0.1, -0.05) is 12.2 Å². The van der Waals surface area contributed by atoms with Crippen molar-refractivity contribution >= 4 is 8.32 Å². The first-order chi connectivity index (χ1) is 6.51. The molecule has 1 rings (SSSR count). The Morgan fingerprint density at radius 3 is 2.71 bits per heavy atom. The van der Waals surface area contributed by atoms with Crippen LogP contribution in [-0.4, -0.2) is 8.32 Å². The fraction of sp³-hybridized carbons (Fsp3) is 0.500. The molecule has 0 bridgehead atoms. The summed E-state index contributed by atoms with van der Waals surface area (Å²) in [6, 6.07) is 0. The fourth-order valence-corrected chi connectivity index (χ4v) is 2.32. The van der Waals surface area contributed by atoms with Gasteiger partial charge >= 0.3 is 0 Å². The fourth-order valence-electron chi connectivity index (χ4n) is 1.46. The van der Waals surface area contributed by atoms with Crippen molar-refractivity contribution in [2.75, 3.05) is 0 Å². The van der Waals surface area contributed by atoms with Crippen LogP contribution in [0.25, 0.3) is 0 Å². The molecule has 2 heteroatoms. The highest BCUT2D eigenvalue weighted by atomic mass is 28.4. The van der Waals surface area contributed by atoms with Gasteiger partial charge in [-0.2, -0.15) is 0 Å². The summed E-state index contributed by atoms with van der Waals surface area (Å²) < 4.78 is 5.89. The van der Waals surface area contributed by atoms with Crippen LogP contribution in [0.15, 0.2) is 36.6 Å². The van der Waals surface area contributed by atoms with Gasteiger partial charge in [0.2, 0.25) is 8.32 Å². The first-order valence-electron chi connectivity index (χ1n) is 5.19. The van der Waals surface area contributed by atoms with Crippen molar-refractivity contribution in [2.45, 2.75) is 32.5 Å². The van der Waals surface area contributed by atoms with Crippen molar-refractivity contribution in [3.63, 3.8) is 0 Å². The van der Waals surface area contributed by atoms with Crippen molar-refractivity contribution in [2.24, 2.45) is 5.92 Å². The van der Waals surface area contributed by atoms with Crippen LogP contribution < -0.4 is 0 Å². The summed E-state index contributed by atoms with van der Waals surface area (Å²) in [5.74, 6) is 1.69. The first-order valence-corrected chi connectivity index (χ1v) is 8.60. The molecule has 1 aliphatic carbocycles. The van der Waals surface area contributed by atoms with E-state index in [2.05, 4.69) is 44.4 Å². The molecule has 0 radical (unpaired) electrons. The van der Waals surface area contributed by atoms with Gasteiger partial charge in [0.1, 0.15) is 0 Å². The zero-order valence-corrected chi connectivity index (χ0v) is 10.4. The minimum absolute atomic E-state index is 0.626. The summed E-state index contributed by atoms with van der Waals surface area (Å²) >= 11 is 0. The van der Waals surface area contributed by atoms with Gasteiger partial charge in [-0.25, -0.2) is 0 Å². The molecule has 0 heterocycles. The topological polar surface area (TPSA) is 9.23 Å². The molecular weight excluding hydrogens is 188 g/mol. The zero-order chi connectivity index (χ0) is 10.6. The average molecular weight is 208 g/mol. The maximum absolute atomic E-state index is 5.89. The van der Waals surface area contributed by atoms with Crippen LogP contribution >= 0.6 is 0 Å². The Hall–Kier alpha value is -0.763. The predicted molar refractivity (Wildman–Crippen MR) is 64.6 cm³/mol. The van der Waals surface area contributed by atoms with Gasteiger partial charge in [-0.05, 0) is 50.6 Å². The third kappa shape index (κ3) is 3.96. The molecule has 0 fully saturated rings. The van der Waals surface area contributed by atoms with Gasteiger partial charge in [0, 0.05) is 0 Å². The maximum atomic E-state index is 5.89. The molecule has 0 N–H and O–H groups in total. The van der Waals surface area contributed by atoms with E-state index in [0.29, 0.717) is 5.92 Å². The number of hydrogen-bond acceptors (Lipinski definition) is 1. The van der Waals surface area contributed by atoms with E-state index < -0.39 is 8.32 Å². The van der Waals surface area contributed by atoms with E-state index in [1.165, 1.54) is 0 Å². The van der Waals surface area contributed by atoms with Crippen LogP contribution in [0.2, 0.25) is 19.6 Å². The van der Waals surface area contributed by atoms with Crippen molar-refractivity contribution in [3.05, 3.63) is 36.6 Å². The molecule has 0 amide bonds. The summed E-state index contributed by atoms with van der Waals surface area (Å²) in [6.45, 7) is 10.4. The minimum atomic E-state index is -1.42. The van der Waals surface area contributed by atoms with E-state index in [-0.39, 0.29) is 0 Å². The van der Waals surface area contributed by atoms with Gasteiger partial charge in [0.15, 0.2) is 0 Å². The molecule has 0 aromatic carbocycles. The standard InChI is InChI=1S/C12H20OSi/c1-5-6-11-7-9-12(10-8-11)13-14(2,3)4/h5,7,9-11H,1,6,8H2,2-4H3. The van der Waals surface area contributed by atoms with E-state index in [9.17, 15) is 0 Å². The van der Waals surface area contributed by atoms with E-state index in [4.69, 9.17) is 4.43 Å². The smallest absolute Gasteiger partial charge is 0.242 e. The van der Waals surface area contributed by atoms with Crippen molar-refractivity contribution < 1.29 is 4.43 Å². The normalized spacial score (nSPS) is 21.6. The minimum Gasteiger partial charge on any atom is -0.545 e. The molecule has 0 saturated carbocycles. The van der Waals surface area contributed by atoms with Crippen LogP contribution in [0.5, 0.6) is 0 Å². The summed E-state index contributed by atoms with van der Waals surface area (Å²) in [5, 5.41) is 0. The lowest BCUT2D eigenvalue weighted by Crippen LogP contribution is -2.24. The summed E-state index contributed by atoms with van der Waals surface area (Å²) in [7, 11) is -1.42. The van der Waals surface area contributed by atoms with Crippen molar-refractivity contribution in [1.29, 1.82) is 0 Å². The monoisotopic (exact) mass is 208 g/mol. The zero-order valence-electron chi connectivity index (χ0n) is 9.42. The molecule has 0 aromatic heterocycles. The predicted octanol–water partition coefficient (Wildman–Crippen LogP) is 3.87. The molecule has 1 aliphatic rings. The van der Waals surface area contributed by atoms with E-state index in [1.54, 1.807) is 0 Å². The van der Waals surface area contributed by atoms with Gasteiger partial charge in [0.25, 0.3) is 0 Å². The second kappa shape index (κ2) is 4.65. The molecule has 1 atom stereocenters. The molecule has 14 heavy (non-hydrogen) atoms. The van der Waals surface area contributed by atoms with Crippen LogP contribution in [-0.2, 0) is 4.43 Å². The van der Waals surface area contributed by atoms with Gasteiger partial charge < -0.3 is 4.43 Å². The quantitative estimate of drug-likeness (QED) is 0.503. The number of rotatable bonds is 4. The Balaban J connectivity index is 2.47. The van der Waals surface area contributed by atoms with Crippen molar-refractivity contribution in [3.8, 4) is 0 Å². The van der Waals surface area contributed by atoms with Crippen LogP contribution in [0, 0.1) is 5.92 Å². The summed E-state index contributed by atoms with van der Waals surface area (Å²) in [5.41, 5.74) is 0. The number of allylic oxidation sites excluding steroid dienone is 4. The molecular formula is C12H20OSi. The second-order valence-corrected chi connectivity index (χ2v) is 9.13. The van der Waals surface area contributed by atoms with Crippen molar-refractivity contribution in [1.82, 2.24) is 0 Å². The lowest BCUT2D eigenvalue weighted by Gasteiger charge is -2.23. The van der Waals surface area contributed by atoms with E-state index in [0.717, 1.165) is 18.6 Å². The molecule has 0 spiro atoms. The second-order valence-electron chi connectivity index (χ2n) is 4.70. The third-order valence-corrected chi connectivity index (χ3v) is 2.90. The van der Waals surface area contributed by atoms with Gasteiger partial charge in [-0.15, -0.1) is 6.58 Å². The summed E-state index contributed by atoms with van der Waals surface area (Å²) in [6.07, 6.45) is 10.7.